The monoisotopic (exact) mass is 242 g/mol. The standard InChI is InChI=1S/C14H30N2O/c1-12(2)13(3,17)10-16(6)11-14(15(4)5)8-7-9-14/h12,17H,7-11H2,1-6H3. The normalized spacial score (nSPS) is 22.9. The number of aliphatic hydroxyl groups is 1. The molecule has 0 radical (unpaired) electrons. The van der Waals surface area contributed by atoms with Gasteiger partial charge in [-0.15, -0.1) is 0 Å². The van der Waals surface area contributed by atoms with Crippen LogP contribution in [0.25, 0.3) is 0 Å². The van der Waals surface area contributed by atoms with Gasteiger partial charge in [0.1, 0.15) is 0 Å². The summed E-state index contributed by atoms with van der Waals surface area (Å²) in [5.74, 6) is 0.293. The fourth-order valence-electron chi connectivity index (χ4n) is 2.62. The lowest BCUT2D eigenvalue weighted by molar-refractivity contribution is -0.0366. The van der Waals surface area contributed by atoms with Crippen LogP contribution in [0.2, 0.25) is 0 Å². The van der Waals surface area contributed by atoms with E-state index in [1.54, 1.807) is 0 Å². The van der Waals surface area contributed by atoms with Crippen molar-refractivity contribution in [3.63, 3.8) is 0 Å². The molecule has 0 aromatic rings. The van der Waals surface area contributed by atoms with E-state index in [2.05, 4.69) is 44.8 Å². The molecule has 1 N–H and O–H groups in total. The summed E-state index contributed by atoms with van der Waals surface area (Å²) in [6, 6.07) is 0. The summed E-state index contributed by atoms with van der Waals surface area (Å²) in [5.41, 5.74) is -0.242. The molecule has 0 bridgehead atoms. The number of rotatable bonds is 6. The Hall–Kier alpha value is -0.120. The van der Waals surface area contributed by atoms with Gasteiger partial charge in [0.25, 0.3) is 0 Å². The lowest BCUT2D eigenvalue weighted by Crippen LogP contribution is -2.58. The second-order valence-electron chi connectivity index (χ2n) is 6.66. The van der Waals surface area contributed by atoms with Gasteiger partial charge in [-0.05, 0) is 53.2 Å². The summed E-state index contributed by atoms with van der Waals surface area (Å²) in [4.78, 5) is 4.65. The Bertz CT molecular complexity index is 245. The molecule has 1 fully saturated rings. The van der Waals surface area contributed by atoms with Crippen molar-refractivity contribution in [3.8, 4) is 0 Å². The van der Waals surface area contributed by atoms with Gasteiger partial charge in [0.05, 0.1) is 5.60 Å². The minimum atomic E-state index is -0.591. The van der Waals surface area contributed by atoms with E-state index in [-0.39, 0.29) is 0 Å². The summed E-state index contributed by atoms with van der Waals surface area (Å²) in [5, 5.41) is 10.3. The smallest absolute Gasteiger partial charge is 0.0768 e. The highest BCUT2D eigenvalue weighted by Gasteiger charge is 2.40. The average molecular weight is 242 g/mol. The molecule has 0 aromatic heterocycles. The Morgan fingerprint density at radius 3 is 2.06 bits per heavy atom. The van der Waals surface area contributed by atoms with E-state index in [9.17, 15) is 5.11 Å². The first-order chi connectivity index (χ1) is 7.69. The average Bonchev–Trinajstić information content (AvgIpc) is 2.09. The Balaban J connectivity index is 2.52. The van der Waals surface area contributed by atoms with E-state index in [4.69, 9.17) is 0 Å². The van der Waals surface area contributed by atoms with Crippen LogP contribution in [0.1, 0.15) is 40.0 Å². The molecule has 1 atom stereocenters. The Morgan fingerprint density at radius 2 is 1.76 bits per heavy atom. The predicted octanol–water partition coefficient (Wildman–Crippen LogP) is 1.81. The molecule has 3 nitrogen and oxygen atoms in total. The van der Waals surface area contributed by atoms with Gasteiger partial charge in [0.15, 0.2) is 0 Å². The fourth-order valence-corrected chi connectivity index (χ4v) is 2.62. The quantitative estimate of drug-likeness (QED) is 0.769. The zero-order chi connectivity index (χ0) is 13.3. The maximum Gasteiger partial charge on any atom is 0.0768 e. The van der Waals surface area contributed by atoms with Gasteiger partial charge in [-0.25, -0.2) is 0 Å². The first kappa shape index (κ1) is 14.9. The molecule has 1 rings (SSSR count). The molecule has 1 saturated carbocycles. The minimum absolute atomic E-state index is 0.293. The highest BCUT2D eigenvalue weighted by atomic mass is 16.3. The van der Waals surface area contributed by atoms with Crippen molar-refractivity contribution in [1.29, 1.82) is 0 Å². The number of likely N-dealkylation sites (N-methyl/N-ethyl adjacent to an activating group) is 2. The summed E-state index contributed by atoms with van der Waals surface area (Å²) in [7, 11) is 6.47. The highest BCUT2D eigenvalue weighted by molar-refractivity contribution is 4.98. The van der Waals surface area contributed by atoms with Crippen LogP contribution in [0.3, 0.4) is 0 Å². The number of hydrogen-bond donors (Lipinski definition) is 1. The molecule has 0 saturated heterocycles. The minimum Gasteiger partial charge on any atom is -0.389 e. The maximum absolute atomic E-state index is 10.3. The lowest BCUT2D eigenvalue weighted by atomic mass is 9.75. The molecule has 1 unspecified atom stereocenters. The van der Waals surface area contributed by atoms with Crippen LogP contribution in [0.5, 0.6) is 0 Å². The van der Waals surface area contributed by atoms with Crippen LogP contribution in [-0.2, 0) is 0 Å². The van der Waals surface area contributed by atoms with Crippen LogP contribution >= 0.6 is 0 Å². The second kappa shape index (κ2) is 5.25. The molecule has 3 heteroatoms. The van der Waals surface area contributed by atoms with Crippen LogP contribution < -0.4 is 0 Å². The summed E-state index contributed by atoms with van der Waals surface area (Å²) < 4.78 is 0. The van der Waals surface area contributed by atoms with E-state index >= 15 is 0 Å². The predicted molar refractivity (Wildman–Crippen MR) is 73.2 cm³/mol. The molecule has 0 aliphatic heterocycles. The topological polar surface area (TPSA) is 26.7 Å². The largest absolute Gasteiger partial charge is 0.389 e. The molecule has 0 spiro atoms. The third-order valence-electron chi connectivity index (χ3n) is 4.63. The van der Waals surface area contributed by atoms with E-state index in [1.807, 2.05) is 6.92 Å². The molecule has 1 aliphatic rings. The van der Waals surface area contributed by atoms with Crippen LogP contribution in [-0.4, -0.2) is 60.3 Å². The van der Waals surface area contributed by atoms with Gasteiger partial charge >= 0.3 is 0 Å². The van der Waals surface area contributed by atoms with Crippen molar-refractivity contribution in [1.82, 2.24) is 9.80 Å². The fraction of sp³-hybridized carbons (Fsp3) is 1.00. The first-order valence-corrected chi connectivity index (χ1v) is 6.78. The molecule has 0 amide bonds. The molecular formula is C14H30N2O. The Kier molecular flexibility index (Phi) is 4.61. The molecule has 102 valence electrons. The van der Waals surface area contributed by atoms with E-state index in [1.165, 1.54) is 19.3 Å². The van der Waals surface area contributed by atoms with Crippen molar-refractivity contribution in [3.05, 3.63) is 0 Å². The van der Waals surface area contributed by atoms with Crippen LogP contribution in [0, 0.1) is 5.92 Å². The summed E-state index contributed by atoms with van der Waals surface area (Å²) in [6.07, 6.45) is 3.91. The molecular weight excluding hydrogens is 212 g/mol. The van der Waals surface area contributed by atoms with Crippen LogP contribution in [0.4, 0.5) is 0 Å². The molecule has 0 aromatic carbocycles. The van der Waals surface area contributed by atoms with Crippen molar-refractivity contribution < 1.29 is 5.11 Å². The summed E-state index contributed by atoms with van der Waals surface area (Å²) >= 11 is 0. The Morgan fingerprint density at radius 1 is 1.24 bits per heavy atom. The molecule has 0 heterocycles. The maximum atomic E-state index is 10.3. The zero-order valence-electron chi connectivity index (χ0n) is 12.5. The summed E-state index contributed by atoms with van der Waals surface area (Å²) in [6.45, 7) is 7.91. The van der Waals surface area contributed by atoms with E-state index in [0.717, 1.165) is 13.1 Å². The number of hydrogen-bond acceptors (Lipinski definition) is 3. The van der Waals surface area contributed by atoms with Crippen molar-refractivity contribution in [2.45, 2.75) is 51.2 Å². The van der Waals surface area contributed by atoms with Gasteiger partial charge in [-0.2, -0.15) is 0 Å². The van der Waals surface area contributed by atoms with Gasteiger partial charge in [0, 0.05) is 18.6 Å². The van der Waals surface area contributed by atoms with Gasteiger partial charge in [-0.3, -0.25) is 0 Å². The van der Waals surface area contributed by atoms with E-state index < -0.39 is 5.60 Å². The molecule has 1 aliphatic carbocycles. The number of nitrogens with zero attached hydrogens (tertiary/aromatic N) is 2. The SMILES string of the molecule is CC(C)C(C)(O)CN(C)CC1(N(C)C)CCC1. The highest BCUT2D eigenvalue weighted by Crippen LogP contribution is 2.36. The lowest BCUT2D eigenvalue weighted by Gasteiger charge is -2.50. The second-order valence-corrected chi connectivity index (χ2v) is 6.66. The third kappa shape index (κ3) is 3.43. The van der Waals surface area contributed by atoms with Crippen molar-refractivity contribution in [2.75, 3.05) is 34.2 Å². The van der Waals surface area contributed by atoms with Gasteiger partial charge < -0.3 is 14.9 Å². The van der Waals surface area contributed by atoms with Crippen molar-refractivity contribution in [2.24, 2.45) is 5.92 Å². The van der Waals surface area contributed by atoms with E-state index in [0.29, 0.717) is 11.5 Å². The van der Waals surface area contributed by atoms with Gasteiger partial charge in [-0.1, -0.05) is 13.8 Å². The Labute approximate surface area is 107 Å². The van der Waals surface area contributed by atoms with Crippen molar-refractivity contribution >= 4 is 0 Å². The molecule has 17 heavy (non-hydrogen) atoms. The first-order valence-electron chi connectivity index (χ1n) is 6.78. The zero-order valence-corrected chi connectivity index (χ0v) is 12.5. The van der Waals surface area contributed by atoms with Crippen LogP contribution in [0.15, 0.2) is 0 Å². The third-order valence-corrected chi connectivity index (χ3v) is 4.63. The van der Waals surface area contributed by atoms with Gasteiger partial charge in [0.2, 0.25) is 0 Å².